The minimum Gasteiger partial charge on any atom is -0.336 e. The zero-order valence-electron chi connectivity index (χ0n) is 7.79. The van der Waals surface area contributed by atoms with Crippen LogP contribution < -0.4 is 0 Å². The summed E-state index contributed by atoms with van der Waals surface area (Å²) in [6.07, 6.45) is 1.49. The lowest BCUT2D eigenvalue weighted by Crippen LogP contribution is -2.39. The van der Waals surface area contributed by atoms with E-state index in [1.165, 1.54) is 6.08 Å². The van der Waals surface area contributed by atoms with Crippen LogP contribution in [0.1, 0.15) is 13.8 Å². The maximum Gasteiger partial charge on any atom is 0.248 e. The van der Waals surface area contributed by atoms with E-state index in [9.17, 15) is 4.79 Å². The van der Waals surface area contributed by atoms with Crippen molar-refractivity contribution in [2.75, 3.05) is 13.2 Å². The maximum atomic E-state index is 10.1. The van der Waals surface area contributed by atoms with Crippen molar-refractivity contribution in [3.8, 4) is 0 Å². The lowest BCUT2D eigenvalue weighted by atomic mass is 10.8. The summed E-state index contributed by atoms with van der Waals surface area (Å²) in [5.74, 6) is 0. The van der Waals surface area contributed by atoms with Crippen molar-refractivity contribution in [3.05, 3.63) is 0 Å². The van der Waals surface area contributed by atoms with Gasteiger partial charge in [0.1, 0.15) is 9.52 Å². The first-order valence-corrected chi connectivity index (χ1v) is 6.23. The predicted molar refractivity (Wildman–Crippen MR) is 48.5 cm³/mol. The van der Waals surface area contributed by atoms with Crippen molar-refractivity contribution in [1.82, 2.24) is 0 Å². The van der Waals surface area contributed by atoms with Gasteiger partial charge in [0, 0.05) is 13.2 Å². The summed E-state index contributed by atoms with van der Waals surface area (Å²) in [6.45, 7) is 6.65. The molecule has 12 heavy (non-hydrogen) atoms. The molecule has 0 rings (SSSR count). The Morgan fingerprint density at radius 1 is 1.42 bits per heavy atom. The quantitative estimate of drug-likeness (QED) is 0.260. The van der Waals surface area contributed by atoms with E-state index < -0.39 is 15.1 Å². The summed E-state index contributed by atoms with van der Waals surface area (Å²) in [5.41, 5.74) is -0.967. The first-order valence-electron chi connectivity index (χ1n) is 4.11. The molecular formula is C7H15NO3Si. The highest BCUT2D eigenvalue weighted by Gasteiger charge is 2.28. The van der Waals surface area contributed by atoms with Gasteiger partial charge in [-0.15, -0.1) is 4.99 Å². The molecule has 0 N–H and O–H groups in total. The van der Waals surface area contributed by atoms with Gasteiger partial charge in [-0.2, -0.15) is 0 Å². The SMILES string of the molecule is CCOC(N=C=O)(OCC)[SiH2]C. The maximum absolute atomic E-state index is 10.1. The zero-order valence-corrected chi connectivity index (χ0v) is 9.21. The van der Waals surface area contributed by atoms with Crippen LogP contribution >= 0.6 is 0 Å². The van der Waals surface area contributed by atoms with Gasteiger partial charge < -0.3 is 9.47 Å². The predicted octanol–water partition coefficient (Wildman–Crippen LogP) is 0.223. The van der Waals surface area contributed by atoms with Crippen molar-refractivity contribution in [1.29, 1.82) is 0 Å². The Balaban J connectivity index is 4.37. The normalized spacial score (nSPS) is 11.9. The standard InChI is InChI=1S/C7H15NO3Si/c1-4-10-7(12-3,8-6-9)11-5-2/h4-5,12H2,1-3H3. The van der Waals surface area contributed by atoms with E-state index in [0.29, 0.717) is 13.2 Å². The Labute approximate surface area is 74.8 Å². The molecule has 0 atom stereocenters. The fourth-order valence-electron chi connectivity index (χ4n) is 0.910. The second-order valence-corrected chi connectivity index (χ2v) is 3.74. The first kappa shape index (κ1) is 11.5. The molecule has 5 heteroatoms. The van der Waals surface area contributed by atoms with Crippen LogP contribution in [0.5, 0.6) is 0 Å². The average Bonchev–Trinajstić information content (AvgIpc) is 2.06. The van der Waals surface area contributed by atoms with E-state index in [1.807, 2.05) is 20.4 Å². The Morgan fingerprint density at radius 2 is 1.92 bits per heavy atom. The fraction of sp³-hybridized carbons (Fsp3) is 0.857. The topological polar surface area (TPSA) is 47.9 Å². The van der Waals surface area contributed by atoms with Gasteiger partial charge in [0.15, 0.2) is 0 Å². The van der Waals surface area contributed by atoms with Gasteiger partial charge in [0.25, 0.3) is 0 Å². The Bertz CT molecular complexity index is 162. The lowest BCUT2D eigenvalue weighted by Gasteiger charge is -2.25. The number of rotatable bonds is 6. The van der Waals surface area contributed by atoms with Crippen LogP contribution in [-0.4, -0.2) is 34.3 Å². The van der Waals surface area contributed by atoms with E-state index >= 15 is 0 Å². The van der Waals surface area contributed by atoms with Gasteiger partial charge in [-0.05, 0) is 13.8 Å². The zero-order chi connectivity index (χ0) is 9.45. The van der Waals surface area contributed by atoms with Crippen LogP contribution in [0.4, 0.5) is 0 Å². The first-order chi connectivity index (χ1) is 5.74. The molecule has 0 radical (unpaired) electrons. The molecule has 0 spiro atoms. The number of isocyanates is 1. The summed E-state index contributed by atoms with van der Waals surface area (Å²) in [4.78, 5) is 13.7. The molecule has 0 aliphatic heterocycles. The summed E-state index contributed by atoms with van der Waals surface area (Å²) in [7, 11) is -0.685. The Hall–Kier alpha value is -0.483. The molecule has 0 amide bonds. The molecule has 70 valence electrons. The average molecular weight is 189 g/mol. The molecular weight excluding hydrogens is 174 g/mol. The summed E-state index contributed by atoms with van der Waals surface area (Å²) in [6, 6.07) is 0. The van der Waals surface area contributed by atoms with Crippen molar-refractivity contribution >= 4 is 15.6 Å². The Kier molecular flexibility index (Phi) is 5.83. The number of nitrogens with zero attached hydrogens (tertiary/aromatic N) is 1. The van der Waals surface area contributed by atoms with Crippen molar-refractivity contribution < 1.29 is 14.3 Å². The molecule has 0 aromatic carbocycles. The van der Waals surface area contributed by atoms with Crippen LogP contribution in [-0.2, 0) is 14.3 Å². The highest BCUT2D eigenvalue weighted by molar-refractivity contribution is 6.37. The van der Waals surface area contributed by atoms with Gasteiger partial charge in [0.05, 0.1) is 0 Å². The molecule has 0 heterocycles. The molecule has 0 bridgehead atoms. The number of ether oxygens (including phenoxy) is 2. The molecule has 0 aromatic heterocycles. The number of hydrogen-bond acceptors (Lipinski definition) is 4. The van der Waals surface area contributed by atoms with Gasteiger partial charge in [-0.3, -0.25) is 0 Å². The van der Waals surface area contributed by atoms with Crippen LogP contribution in [0.15, 0.2) is 4.99 Å². The van der Waals surface area contributed by atoms with Crippen LogP contribution in [0.2, 0.25) is 6.55 Å². The van der Waals surface area contributed by atoms with E-state index in [1.54, 1.807) is 0 Å². The van der Waals surface area contributed by atoms with E-state index in [2.05, 4.69) is 4.99 Å². The van der Waals surface area contributed by atoms with E-state index in [4.69, 9.17) is 9.47 Å². The van der Waals surface area contributed by atoms with Crippen LogP contribution in [0.3, 0.4) is 0 Å². The molecule has 0 aliphatic carbocycles. The lowest BCUT2D eigenvalue weighted by molar-refractivity contribution is -0.168. The van der Waals surface area contributed by atoms with Gasteiger partial charge in [-0.25, -0.2) is 4.79 Å². The molecule has 0 saturated carbocycles. The van der Waals surface area contributed by atoms with Gasteiger partial charge in [0.2, 0.25) is 11.6 Å². The third-order valence-electron chi connectivity index (χ3n) is 1.40. The number of hydrogen-bond donors (Lipinski definition) is 0. The summed E-state index contributed by atoms with van der Waals surface area (Å²) < 4.78 is 10.5. The molecule has 0 saturated heterocycles. The van der Waals surface area contributed by atoms with E-state index in [-0.39, 0.29) is 0 Å². The van der Waals surface area contributed by atoms with Crippen LogP contribution in [0, 0.1) is 0 Å². The summed E-state index contributed by atoms with van der Waals surface area (Å²) >= 11 is 0. The van der Waals surface area contributed by atoms with Crippen molar-refractivity contribution in [2.24, 2.45) is 4.99 Å². The number of carbonyl (C=O) groups excluding carboxylic acids is 1. The highest BCUT2D eigenvalue weighted by Crippen LogP contribution is 2.12. The third kappa shape index (κ3) is 3.28. The Morgan fingerprint density at radius 3 is 2.17 bits per heavy atom. The fourth-order valence-corrected chi connectivity index (χ4v) is 1.95. The number of aliphatic imine (C=N–C) groups is 1. The summed E-state index contributed by atoms with van der Waals surface area (Å²) in [5, 5.41) is 0. The monoisotopic (exact) mass is 189 g/mol. The van der Waals surface area contributed by atoms with Crippen LogP contribution in [0.25, 0.3) is 0 Å². The minimum atomic E-state index is -0.967. The minimum absolute atomic E-state index is 0.492. The molecule has 4 nitrogen and oxygen atoms in total. The highest BCUT2D eigenvalue weighted by atomic mass is 28.2. The smallest absolute Gasteiger partial charge is 0.248 e. The van der Waals surface area contributed by atoms with E-state index in [0.717, 1.165) is 0 Å². The van der Waals surface area contributed by atoms with Crippen molar-refractivity contribution in [3.63, 3.8) is 0 Å². The second kappa shape index (κ2) is 6.08. The molecule has 0 unspecified atom stereocenters. The largest absolute Gasteiger partial charge is 0.336 e. The van der Waals surface area contributed by atoms with Gasteiger partial charge in [-0.1, -0.05) is 6.55 Å². The molecule has 0 fully saturated rings. The molecule has 0 aromatic rings. The van der Waals surface area contributed by atoms with Crippen molar-refractivity contribution in [2.45, 2.75) is 25.9 Å². The second-order valence-electron chi connectivity index (χ2n) is 2.14. The third-order valence-corrected chi connectivity index (χ3v) is 2.86. The van der Waals surface area contributed by atoms with Gasteiger partial charge >= 0.3 is 0 Å². The molecule has 0 aliphatic rings.